The van der Waals surface area contributed by atoms with Crippen LogP contribution >= 0.6 is 0 Å². The van der Waals surface area contributed by atoms with E-state index in [0.717, 1.165) is 18.1 Å². The van der Waals surface area contributed by atoms with Crippen molar-refractivity contribution in [3.63, 3.8) is 0 Å². The number of nitrogens with zero attached hydrogens (tertiary/aromatic N) is 2. The maximum atomic E-state index is 6.22. The van der Waals surface area contributed by atoms with Crippen molar-refractivity contribution in [2.45, 2.75) is 44.1 Å². The largest absolute Gasteiger partial charge is 0.339 e. The lowest BCUT2D eigenvalue weighted by molar-refractivity contribution is 0.130. The first-order valence-electron chi connectivity index (χ1n) is 5.33. The summed E-state index contributed by atoms with van der Waals surface area (Å²) in [5, 5.41) is 4.01. The van der Waals surface area contributed by atoms with Gasteiger partial charge in [-0.3, -0.25) is 0 Å². The SMILES string of the molecule is CC1CCC1(N)c1noc(C2CC2)n1. The molecule has 2 aliphatic rings. The molecule has 0 aliphatic heterocycles. The van der Waals surface area contributed by atoms with E-state index in [4.69, 9.17) is 10.3 Å². The third kappa shape index (κ3) is 1.03. The maximum Gasteiger partial charge on any atom is 0.229 e. The predicted molar refractivity (Wildman–Crippen MR) is 50.5 cm³/mol. The summed E-state index contributed by atoms with van der Waals surface area (Å²) in [4.78, 5) is 4.41. The molecule has 2 aliphatic carbocycles. The zero-order valence-electron chi connectivity index (χ0n) is 8.36. The van der Waals surface area contributed by atoms with Gasteiger partial charge in [0.15, 0.2) is 5.82 Å². The zero-order valence-corrected chi connectivity index (χ0v) is 8.36. The van der Waals surface area contributed by atoms with E-state index in [-0.39, 0.29) is 5.54 Å². The Labute approximate surface area is 82.9 Å². The zero-order chi connectivity index (χ0) is 9.76. The average molecular weight is 193 g/mol. The number of hydrogen-bond donors (Lipinski definition) is 1. The van der Waals surface area contributed by atoms with Crippen LogP contribution in [0.4, 0.5) is 0 Å². The van der Waals surface area contributed by atoms with Crippen LogP contribution in [0.5, 0.6) is 0 Å². The van der Waals surface area contributed by atoms with E-state index in [2.05, 4.69) is 17.1 Å². The number of aromatic nitrogens is 2. The Bertz CT molecular complexity index is 358. The molecule has 1 aromatic rings. The second-order valence-corrected chi connectivity index (χ2v) is 4.71. The minimum absolute atomic E-state index is 0.309. The van der Waals surface area contributed by atoms with E-state index >= 15 is 0 Å². The number of hydrogen-bond acceptors (Lipinski definition) is 4. The van der Waals surface area contributed by atoms with Gasteiger partial charge in [0.2, 0.25) is 5.89 Å². The molecule has 1 heterocycles. The molecular formula is C10H15N3O. The molecule has 2 N–H and O–H groups in total. The molecule has 0 aromatic carbocycles. The third-order valence-electron chi connectivity index (χ3n) is 3.66. The Balaban J connectivity index is 1.88. The molecule has 0 amide bonds. The van der Waals surface area contributed by atoms with Gasteiger partial charge in [-0.05, 0) is 31.6 Å². The highest BCUT2D eigenvalue weighted by molar-refractivity contribution is 5.13. The summed E-state index contributed by atoms with van der Waals surface area (Å²) in [6.07, 6.45) is 4.53. The van der Waals surface area contributed by atoms with Crippen LogP contribution in [0.25, 0.3) is 0 Å². The summed E-state index contributed by atoms with van der Waals surface area (Å²) >= 11 is 0. The molecule has 14 heavy (non-hydrogen) atoms. The van der Waals surface area contributed by atoms with Gasteiger partial charge in [0.25, 0.3) is 0 Å². The summed E-state index contributed by atoms with van der Waals surface area (Å²) in [6.45, 7) is 2.15. The van der Waals surface area contributed by atoms with Gasteiger partial charge >= 0.3 is 0 Å². The van der Waals surface area contributed by atoms with Crippen LogP contribution in [-0.4, -0.2) is 10.1 Å². The van der Waals surface area contributed by atoms with Crippen molar-refractivity contribution in [2.24, 2.45) is 11.7 Å². The van der Waals surface area contributed by atoms with Gasteiger partial charge in [-0.2, -0.15) is 4.98 Å². The molecule has 0 spiro atoms. The second kappa shape index (κ2) is 2.57. The van der Waals surface area contributed by atoms with Crippen LogP contribution in [0.3, 0.4) is 0 Å². The Hall–Kier alpha value is -0.900. The van der Waals surface area contributed by atoms with Gasteiger partial charge < -0.3 is 10.3 Å². The first-order valence-corrected chi connectivity index (χ1v) is 5.33. The van der Waals surface area contributed by atoms with E-state index in [0.29, 0.717) is 11.8 Å². The molecule has 2 unspecified atom stereocenters. The highest BCUT2D eigenvalue weighted by Crippen LogP contribution is 2.44. The van der Waals surface area contributed by atoms with E-state index in [9.17, 15) is 0 Å². The molecule has 0 radical (unpaired) electrons. The van der Waals surface area contributed by atoms with Crippen molar-refractivity contribution in [3.8, 4) is 0 Å². The van der Waals surface area contributed by atoms with E-state index in [1.54, 1.807) is 0 Å². The van der Waals surface area contributed by atoms with Crippen molar-refractivity contribution in [3.05, 3.63) is 11.7 Å². The molecule has 76 valence electrons. The molecule has 4 nitrogen and oxygen atoms in total. The Morgan fingerprint density at radius 1 is 1.43 bits per heavy atom. The highest BCUT2D eigenvalue weighted by Gasteiger charge is 2.46. The summed E-state index contributed by atoms with van der Waals surface area (Å²) in [6, 6.07) is 0. The van der Waals surface area contributed by atoms with Crippen LogP contribution in [-0.2, 0) is 5.54 Å². The summed E-state index contributed by atoms with van der Waals surface area (Å²) in [5.41, 5.74) is 5.91. The van der Waals surface area contributed by atoms with Crippen molar-refractivity contribution in [1.29, 1.82) is 0 Å². The smallest absolute Gasteiger partial charge is 0.229 e. The first kappa shape index (κ1) is 8.41. The second-order valence-electron chi connectivity index (χ2n) is 4.71. The van der Waals surface area contributed by atoms with Gasteiger partial charge in [-0.25, -0.2) is 0 Å². The monoisotopic (exact) mass is 193 g/mol. The highest BCUT2D eigenvalue weighted by atomic mass is 16.5. The van der Waals surface area contributed by atoms with Crippen molar-refractivity contribution >= 4 is 0 Å². The lowest BCUT2D eigenvalue weighted by Crippen LogP contribution is -2.51. The molecule has 0 bridgehead atoms. The van der Waals surface area contributed by atoms with E-state index in [1.807, 2.05) is 0 Å². The normalized spacial score (nSPS) is 36.9. The number of nitrogens with two attached hydrogens (primary N) is 1. The van der Waals surface area contributed by atoms with Crippen molar-refractivity contribution < 1.29 is 4.52 Å². The molecule has 2 atom stereocenters. The fourth-order valence-electron chi connectivity index (χ4n) is 2.00. The molecule has 2 fully saturated rings. The molecule has 3 rings (SSSR count). The van der Waals surface area contributed by atoms with E-state index in [1.165, 1.54) is 19.3 Å². The standard InChI is InChI=1S/C10H15N3O/c1-6-4-5-10(6,11)9-12-8(14-13-9)7-2-3-7/h6-7H,2-5,11H2,1H3. The van der Waals surface area contributed by atoms with Gasteiger partial charge in [0.1, 0.15) is 0 Å². The Kier molecular flexibility index (Phi) is 1.54. The Morgan fingerprint density at radius 2 is 2.21 bits per heavy atom. The van der Waals surface area contributed by atoms with Gasteiger partial charge in [-0.1, -0.05) is 12.1 Å². The van der Waals surface area contributed by atoms with Crippen LogP contribution in [0.1, 0.15) is 50.2 Å². The van der Waals surface area contributed by atoms with Crippen LogP contribution in [0.15, 0.2) is 4.52 Å². The van der Waals surface area contributed by atoms with Crippen LogP contribution < -0.4 is 5.73 Å². The topological polar surface area (TPSA) is 64.9 Å². The summed E-state index contributed by atoms with van der Waals surface area (Å²) < 4.78 is 5.22. The van der Waals surface area contributed by atoms with Crippen LogP contribution in [0.2, 0.25) is 0 Å². The minimum Gasteiger partial charge on any atom is -0.339 e. The molecule has 4 heteroatoms. The molecule has 2 saturated carbocycles. The quantitative estimate of drug-likeness (QED) is 0.773. The number of rotatable bonds is 2. The predicted octanol–water partition coefficient (Wildman–Crippen LogP) is 1.53. The maximum absolute atomic E-state index is 6.22. The van der Waals surface area contributed by atoms with Crippen LogP contribution in [0, 0.1) is 5.92 Å². The summed E-state index contributed by atoms with van der Waals surface area (Å²) in [7, 11) is 0. The summed E-state index contributed by atoms with van der Waals surface area (Å²) in [5.74, 6) is 2.52. The minimum atomic E-state index is -0.309. The lowest BCUT2D eigenvalue weighted by Gasteiger charge is -2.42. The van der Waals surface area contributed by atoms with Gasteiger partial charge in [0.05, 0.1) is 5.54 Å². The molecule has 1 aromatic heterocycles. The fraction of sp³-hybridized carbons (Fsp3) is 0.800. The van der Waals surface area contributed by atoms with Gasteiger partial charge in [0, 0.05) is 5.92 Å². The first-order chi connectivity index (χ1) is 6.70. The van der Waals surface area contributed by atoms with Crippen molar-refractivity contribution in [2.75, 3.05) is 0 Å². The lowest BCUT2D eigenvalue weighted by atomic mass is 9.68. The molecule has 0 saturated heterocycles. The van der Waals surface area contributed by atoms with E-state index < -0.39 is 0 Å². The average Bonchev–Trinajstić information content (AvgIpc) is 2.93. The fourth-order valence-corrected chi connectivity index (χ4v) is 2.00. The van der Waals surface area contributed by atoms with Gasteiger partial charge in [-0.15, -0.1) is 0 Å². The third-order valence-corrected chi connectivity index (χ3v) is 3.66. The van der Waals surface area contributed by atoms with Crippen molar-refractivity contribution in [1.82, 2.24) is 10.1 Å². The Morgan fingerprint density at radius 3 is 2.71 bits per heavy atom. The molecular weight excluding hydrogens is 178 g/mol.